The van der Waals surface area contributed by atoms with Crippen molar-refractivity contribution in [2.24, 2.45) is 4.99 Å². The van der Waals surface area contributed by atoms with E-state index < -0.39 is 0 Å². The molecule has 0 radical (unpaired) electrons. The predicted octanol–water partition coefficient (Wildman–Crippen LogP) is 3.74. The molecule has 4 nitrogen and oxygen atoms in total. The predicted molar refractivity (Wildman–Crippen MR) is 86.7 cm³/mol. The average molecular weight is 273 g/mol. The van der Waals surface area contributed by atoms with Crippen LogP contribution in [0.1, 0.15) is 27.3 Å². The van der Waals surface area contributed by atoms with Crippen molar-refractivity contribution < 1.29 is 6.16 Å². The number of methoxy groups -OCH3 is 1. The Balaban J connectivity index is 0.00000220. The monoisotopic (exact) mass is 273 g/mol. The maximum Gasteiger partial charge on any atom is 0.119 e. The van der Waals surface area contributed by atoms with Gasteiger partial charge in [-0.15, -0.1) is 0 Å². The number of aliphatic imine (C=N–C) groups is 1. The van der Waals surface area contributed by atoms with Gasteiger partial charge in [0.05, 0.1) is 7.11 Å². The summed E-state index contributed by atoms with van der Waals surface area (Å²) in [6, 6.07) is 7.94. The lowest BCUT2D eigenvalue weighted by atomic mass is 10.0. The van der Waals surface area contributed by atoms with Gasteiger partial charge in [0.25, 0.3) is 0 Å². The van der Waals surface area contributed by atoms with Crippen LogP contribution in [0.3, 0.4) is 0 Å². The van der Waals surface area contributed by atoms with Crippen molar-refractivity contribution in [3.8, 4) is 16.9 Å². The van der Waals surface area contributed by atoms with Gasteiger partial charge in [-0.25, -0.2) is 0 Å². The summed E-state index contributed by atoms with van der Waals surface area (Å²) in [7, 11) is 1.67. The van der Waals surface area contributed by atoms with Crippen LogP contribution in [0.5, 0.6) is 5.75 Å². The summed E-state index contributed by atoms with van der Waals surface area (Å²) in [5, 5.41) is 0. The van der Waals surface area contributed by atoms with E-state index in [0.29, 0.717) is 5.82 Å². The van der Waals surface area contributed by atoms with Crippen LogP contribution in [0.2, 0.25) is 0 Å². The number of rotatable bonds is 5. The second kappa shape index (κ2) is 6.28. The maximum atomic E-state index is 6.05. The maximum absolute atomic E-state index is 6.05. The van der Waals surface area contributed by atoms with E-state index in [4.69, 9.17) is 10.5 Å². The molecule has 108 valence electrons. The van der Waals surface area contributed by atoms with E-state index in [1.165, 1.54) is 0 Å². The number of nitrogens with two attached hydrogens (primary N) is 1. The Hall–Kier alpha value is -2.23. The number of ether oxygens (including phenoxy) is 1. The first-order chi connectivity index (χ1) is 9.67. The molecule has 0 saturated carbocycles. The molecule has 3 N–H and O–H groups in total. The van der Waals surface area contributed by atoms with Gasteiger partial charge in [-0.2, -0.15) is 0 Å². The van der Waals surface area contributed by atoms with Crippen molar-refractivity contribution in [1.82, 2.24) is 4.98 Å². The molecular weight excluding hydrogens is 250 g/mol. The molecule has 0 saturated heterocycles. The lowest BCUT2D eigenvalue weighted by Crippen LogP contribution is -2.01. The third-order valence-corrected chi connectivity index (χ3v) is 3.23. The van der Waals surface area contributed by atoms with E-state index in [0.717, 1.165) is 41.1 Å². The molecule has 2 aromatic rings. The Bertz CT molecular complexity index is 620. The van der Waals surface area contributed by atoms with Crippen LogP contribution < -0.4 is 10.5 Å². The summed E-state index contributed by atoms with van der Waals surface area (Å²) >= 11 is 0. The molecule has 0 aliphatic carbocycles. The first-order valence-electron chi connectivity index (χ1n) is 6.80. The number of nitrogens with one attached hydrogen (secondary N) is 1. The number of hydrogen-bond donors (Lipinski definition) is 2. The number of H-pyrrole nitrogens is 1. The molecule has 0 amide bonds. The topological polar surface area (TPSA) is 63.4 Å². The number of nitrogens with zero attached hydrogens (tertiary/aromatic N) is 1. The van der Waals surface area contributed by atoms with Gasteiger partial charge in [-0.1, -0.05) is 19.1 Å². The van der Waals surface area contributed by atoms with E-state index in [-0.39, 0.29) is 1.43 Å². The summed E-state index contributed by atoms with van der Waals surface area (Å²) < 4.78 is 5.28. The highest BCUT2D eigenvalue weighted by Crippen LogP contribution is 2.30. The fraction of sp³-hybridized carbons (Fsp3) is 0.312. The van der Waals surface area contributed by atoms with Gasteiger partial charge in [0, 0.05) is 31.0 Å². The Labute approximate surface area is 121 Å². The molecule has 0 atom stereocenters. The molecule has 0 unspecified atom stereocenters. The minimum atomic E-state index is 0. The SMILES string of the molecule is CCCN=C(C)c1c(-c2cccc(OC)c2)c[nH]c1N.[HH]. The lowest BCUT2D eigenvalue weighted by molar-refractivity contribution is 0.415. The van der Waals surface area contributed by atoms with Crippen molar-refractivity contribution in [3.05, 3.63) is 36.0 Å². The Morgan fingerprint density at radius 2 is 2.25 bits per heavy atom. The van der Waals surface area contributed by atoms with Crippen LogP contribution in [0.4, 0.5) is 5.82 Å². The van der Waals surface area contributed by atoms with Gasteiger partial charge >= 0.3 is 0 Å². The van der Waals surface area contributed by atoms with Crippen LogP contribution in [0.25, 0.3) is 11.1 Å². The minimum absolute atomic E-state index is 0. The van der Waals surface area contributed by atoms with Crippen molar-refractivity contribution in [2.45, 2.75) is 20.3 Å². The Kier molecular flexibility index (Phi) is 4.45. The van der Waals surface area contributed by atoms with E-state index >= 15 is 0 Å². The molecular formula is C16H23N3O. The number of hydrogen-bond acceptors (Lipinski definition) is 3. The molecule has 20 heavy (non-hydrogen) atoms. The quantitative estimate of drug-likeness (QED) is 0.815. The Morgan fingerprint density at radius 1 is 1.45 bits per heavy atom. The van der Waals surface area contributed by atoms with Crippen molar-refractivity contribution in [2.75, 3.05) is 19.4 Å². The van der Waals surface area contributed by atoms with Gasteiger partial charge in [0.1, 0.15) is 11.6 Å². The van der Waals surface area contributed by atoms with Gasteiger partial charge in [0.15, 0.2) is 0 Å². The third kappa shape index (κ3) is 2.85. The highest BCUT2D eigenvalue weighted by Gasteiger charge is 2.14. The zero-order valence-corrected chi connectivity index (χ0v) is 12.2. The standard InChI is InChI=1S/C16H21N3O.H2/c1-4-8-18-11(2)15-14(10-19-16(15)17)12-6-5-7-13(9-12)20-3;/h5-7,9-10,19H,4,8,17H2,1-3H3;1H. The normalized spacial score (nSPS) is 11.7. The summed E-state index contributed by atoms with van der Waals surface area (Å²) in [4.78, 5) is 7.65. The van der Waals surface area contributed by atoms with Crippen LogP contribution >= 0.6 is 0 Å². The fourth-order valence-electron chi connectivity index (χ4n) is 2.21. The first-order valence-corrected chi connectivity index (χ1v) is 6.80. The van der Waals surface area contributed by atoms with Gasteiger partial charge in [-0.3, -0.25) is 4.99 Å². The van der Waals surface area contributed by atoms with E-state index in [2.05, 4.69) is 16.9 Å². The van der Waals surface area contributed by atoms with Crippen molar-refractivity contribution in [1.29, 1.82) is 0 Å². The molecule has 2 rings (SSSR count). The molecule has 1 aromatic carbocycles. The molecule has 0 bridgehead atoms. The zero-order chi connectivity index (χ0) is 14.5. The number of nitrogen functional groups attached to an aromatic ring is 1. The number of aromatic amines is 1. The molecule has 0 fully saturated rings. The van der Waals surface area contributed by atoms with Gasteiger partial charge in [0.2, 0.25) is 0 Å². The molecule has 1 heterocycles. The summed E-state index contributed by atoms with van der Waals surface area (Å²) in [5.74, 6) is 1.48. The zero-order valence-electron chi connectivity index (χ0n) is 12.2. The smallest absolute Gasteiger partial charge is 0.119 e. The minimum Gasteiger partial charge on any atom is -0.497 e. The van der Waals surface area contributed by atoms with Crippen LogP contribution in [0.15, 0.2) is 35.5 Å². The molecule has 0 aliphatic heterocycles. The fourth-order valence-corrected chi connectivity index (χ4v) is 2.21. The molecule has 1 aromatic heterocycles. The van der Waals surface area contributed by atoms with Gasteiger partial charge in [-0.05, 0) is 31.0 Å². The number of aromatic nitrogens is 1. The van der Waals surface area contributed by atoms with Gasteiger partial charge < -0.3 is 15.5 Å². The van der Waals surface area contributed by atoms with E-state index in [9.17, 15) is 0 Å². The van der Waals surface area contributed by atoms with E-state index in [1.54, 1.807) is 7.11 Å². The largest absolute Gasteiger partial charge is 0.497 e. The molecule has 4 heteroatoms. The first kappa shape index (κ1) is 14.2. The number of anilines is 1. The second-order valence-electron chi connectivity index (χ2n) is 4.69. The third-order valence-electron chi connectivity index (χ3n) is 3.23. The van der Waals surface area contributed by atoms with Crippen LogP contribution in [0, 0.1) is 0 Å². The summed E-state index contributed by atoms with van der Waals surface area (Å²) in [6.45, 7) is 4.92. The summed E-state index contributed by atoms with van der Waals surface area (Å²) in [5.41, 5.74) is 10.1. The van der Waals surface area contributed by atoms with Crippen molar-refractivity contribution >= 4 is 11.5 Å². The second-order valence-corrected chi connectivity index (χ2v) is 4.69. The van der Waals surface area contributed by atoms with E-state index in [1.807, 2.05) is 37.4 Å². The highest BCUT2D eigenvalue weighted by molar-refractivity contribution is 6.08. The molecule has 0 spiro atoms. The lowest BCUT2D eigenvalue weighted by Gasteiger charge is -2.07. The highest BCUT2D eigenvalue weighted by atomic mass is 16.5. The number of benzene rings is 1. The van der Waals surface area contributed by atoms with Crippen LogP contribution in [-0.4, -0.2) is 24.4 Å². The average Bonchev–Trinajstić information content (AvgIpc) is 2.86. The van der Waals surface area contributed by atoms with Crippen LogP contribution in [-0.2, 0) is 0 Å². The van der Waals surface area contributed by atoms with Crippen molar-refractivity contribution in [3.63, 3.8) is 0 Å². The molecule has 0 aliphatic rings. The Morgan fingerprint density at radius 3 is 2.95 bits per heavy atom. The summed E-state index contributed by atoms with van der Waals surface area (Å²) in [6.07, 6.45) is 2.95.